The van der Waals surface area contributed by atoms with Crippen LogP contribution in [-0.2, 0) is 11.3 Å². The van der Waals surface area contributed by atoms with Gasteiger partial charge in [-0.15, -0.1) is 5.10 Å². The van der Waals surface area contributed by atoms with Crippen LogP contribution < -0.4 is 11.1 Å². The molecule has 8 nitrogen and oxygen atoms in total. The van der Waals surface area contributed by atoms with Crippen LogP contribution in [0, 0.1) is 0 Å². The van der Waals surface area contributed by atoms with E-state index in [-0.39, 0.29) is 23.7 Å². The molecule has 1 atom stereocenters. The molecule has 108 valence electrons. The second-order valence-electron chi connectivity index (χ2n) is 4.22. The summed E-state index contributed by atoms with van der Waals surface area (Å²) in [5.41, 5.74) is 5.41. The van der Waals surface area contributed by atoms with E-state index in [1.807, 2.05) is 17.7 Å². The number of amides is 1. The van der Waals surface area contributed by atoms with Gasteiger partial charge in [-0.05, 0) is 6.42 Å². The lowest BCUT2D eigenvalue weighted by Gasteiger charge is -2.17. The predicted molar refractivity (Wildman–Crippen MR) is 76.0 cm³/mol. The van der Waals surface area contributed by atoms with E-state index in [9.17, 15) is 4.79 Å². The quantitative estimate of drug-likeness (QED) is 0.632. The highest BCUT2D eigenvalue weighted by Crippen LogP contribution is 2.12. The highest BCUT2D eigenvalue weighted by Gasteiger charge is 2.12. The third kappa shape index (κ3) is 4.26. The maximum atomic E-state index is 11.9. The summed E-state index contributed by atoms with van der Waals surface area (Å²) in [5.74, 6) is 0.461. The molecular weight excluding hydrogens is 278 g/mol. The van der Waals surface area contributed by atoms with E-state index in [0.717, 1.165) is 6.42 Å². The zero-order valence-electron chi connectivity index (χ0n) is 11.1. The van der Waals surface area contributed by atoms with Gasteiger partial charge in [0.2, 0.25) is 17.0 Å². The normalized spacial score (nSPS) is 12.2. The van der Waals surface area contributed by atoms with Crippen LogP contribution in [0.3, 0.4) is 0 Å². The zero-order chi connectivity index (χ0) is 14.4. The van der Waals surface area contributed by atoms with E-state index >= 15 is 0 Å². The second-order valence-corrected chi connectivity index (χ2v) is 5.17. The van der Waals surface area contributed by atoms with Gasteiger partial charge in [0.1, 0.15) is 0 Å². The molecule has 2 rings (SSSR count). The monoisotopic (exact) mass is 295 g/mol. The van der Waals surface area contributed by atoms with Crippen LogP contribution in [0.25, 0.3) is 0 Å². The minimum Gasteiger partial charge on any atom is -0.368 e. The van der Waals surface area contributed by atoms with E-state index in [1.54, 1.807) is 12.5 Å². The van der Waals surface area contributed by atoms with Crippen molar-refractivity contribution < 1.29 is 4.79 Å². The van der Waals surface area contributed by atoms with Crippen molar-refractivity contribution in [1.82, 2.24) is 30.0 Å². The van der Waals surface area contributed by atoms with Gasteiger partial charge in [0.25, 0.3) is 0 Å². The Hall–Kier alpha value is -2.03. The number of imidazole rings is 1. The number of rotatable bonds is 7. The number of nitrogens with two attached hydrogens (primary N) is 1. The maximum absolute atomic E-state index is 11.9. The Morgan fingerprint density at radius 3 is 3.10 bits per heavy atom. The third-order valence-electron chi connectivity index (χ3n) is 2.66. The molecule has 1 unspecified atom stereocenters. The summed E-state index contributed by atoms with van der Waals surface area (Å²) in [6.45, 7) is 2.74. The molecule has 0 aromatic carbocycles. The Bertz CT molecular complexity index is 539. The summed E-state index contributed by atoms with van der Waals surface area (Å²) >= 11 is 1.25. The first-order valence-electron chi connectivity index (χ1n) is 6.23. The van der Waals surface area contributed by atoms with Gasteiger partial charge in [0.15, 0.2) is 0 Å². The van der Waals surface area contributed by atoms with Crippen molar-refractivity contribution >= 4 is 23.6 Å². The SMILES string of the molecule is CCC(Cn1ccnc1)NC(=O)CSc1n[nH]c(N)n1. The molecule has 0 saturated carbocycles. The number of thioether (sulfide) groups is 1. The highest BCUT2D eigenvalue weighted by atomic mass is 32.2. The van der Waals surface area contributed by atoms with Crippen molar-refractivity contribution in [2.24, 2.45) is 0 Å². The summed E-state index contributed by atoms with van der Waals surface area (Å²) in [6.07, 6.45) is 6.18. The van der Waals surface area contributed by atoms with Crippen LogP contribution in [0.15, 0.2) is 23.9 Å². The largest absolute Gasteiger partial charge is 0.368 e. The zero-order valence-corrected chi connectivity index (χ0v) is 11.9. The Labute approximate surface area is 120 Å². The van der Waals surface area contributed by atoms with Crippen LogP contribution in [0.5, 0.6) is 0 Å². The van der Waals surface area contributed by atoms with Gasteiger partial charge >= 0.3 is 0 Å². The minimum absolute atomic E-state index is 0.0506. The molecule has 0 fully saturated rings. The van der Waals surface area contributed by atoms with Gasteiger partial charge in [-0.25, -0.2) is 10.1 Å². The second kappa shape index (κ2) is 6.94. The first-order valence-corrected chi connectivity index (χ1v) is 7.21. The number of carbonyl (C=O) groups is 1. The molecule has 2 aromatic heterocycles. The Kier molecular flexibility index (Phi) is 4.99. The fourth-order valence-corrected chi connectivity index (χ4v) is 2.26. The molecule has 0 bridgehead atoms. The number of carbonyl (C=O) groups excluding carboxylic acids is 1. The van der Waals surface area contributed by atoms with Gasteiger partial charge in [-0.1, -0.05) is 18.7 Å². The van der Waals surface area contributed by atoms with Crippen LogP contribution in [-0.4, -0.2) is 42.4 Å². The summed E-state index contributed by atoms with van der Waals surface area (Å²) in [5, 5.41) is 9.83. The third-order valence-corrected chi connectivity index (χ3v) is 3.51. The highest BCUT2D eigenvalue weighted by molar-refractivity contribution is 7.99. The fraction of sp³-hybridized carbons (Fsp3) is 0.455. The molecule has 1 amide bonds. The van der Waals surface area contributed by atoms with Crippen LogP contribution >= 0.6 is 11.8 Å². The molecule has 0 aliphatic heterocycles. The van der Waals surface area contributed by atoms with Gasteiger partial charge in [0.05, 0.1) is 12.1 Å². The predicted octanol–water partition coefficient (Wildman–Crippen LogP) is 0.270. The van der Waals surface area contributed by atoms with Crippen LogP contribution in [0.2, 0.25) is 0 Å². The Morgan fingerprint density at radius 1 is 1.65 bits per heavy atom. The molecule has 0 saturated heterocycles. The molecule has 0 aliphatic rings. The van der Waals surface area contributed by atoms with Crippen LogP contribution in [0.4, 0.5) is 5.95 Å². The van der Waals surface area contributed by atoms with Crippen molar-refractivity contribution in [3.63, 3.8) is 0 Å². The Morgan fingerprint density at radius 2 is 2.50 bits per heavy atom. The van der Waals surface area contributed by atoms with E-state index in [1.165, 1.54) is 11.8 Å². The molecular formula is C11H17N7OS. The van der Waals surface area contributed by atoms with Crippen molar-refractivity contribution in [3.8, 4) is 0 Å². The minimum atomic E-state index is -0.0506. The van der Waals surface area contributed by atoms with Gasteiger partial charge < -0.3 is 15.6 Å². The average Bonchev–Trinajstić information content (AvgIpc) is 3.07. The number of nitrogens with one attached hydrogen (secondary N) is 2. The van der Waals surface area contributed by atoms with Crippen molar-refractivity contribution in [1.29, 1.82) is 0 Å². The number of anilines is 1. The van der Waals surface area contributed by atoms with Gasteiger partial charge in [0, 0.05) is 25.0 Å². The summed E-state index contributed by atoms with van der Waals surface area (Å²) in [4.78, 5) is 19.8. The number of aromatic nitrogens is 5. The lowest BCUT2D eigenvalue weighted by atomic mass is 10.2. The fourth-order valence-electron chi connectivity index (χ4n) is 1.65. The van der Waals surface area contributed by atoms with E-state index in [0.29, 0.717) is 11.7 Å². The number of nitrogens with zero attached hydrogens (tertiary/aromatic N) is 4. The Balaban J connectivity index is 1.77. The van der Waals surface area contributed by atoms with Gasteiger partial charge in [-0.3, -0.25) is 4.79 Å². The molecule has 0 radical (unpaired) electrons. The first-order chi connectivity index (χ1) is 9.67. The molecule has 9 heteroatoms. The molecule has 2 heterocycles. The van der Waals surface area contributed by atoms with E-state index in [4.69, 9.17) is 5.73 Å². The lowest BCUT2D eigenvalue weighted by molar-refractivity contribution is -0.119. The summed E-state index contributed by atoms with van der Waals surface area (Å²) in [7, 11) is 0. The maximum Gasteiger partial charge on any atom is 0.230 e. The molecule has 0 aliphatic carbocycles. The number of nitrogen functional groups attached to an aromatic ring is 1. The van der Waals surface area contributed by atoms with Crippen molar-refractivity contribution in [3.05, 3.63) is 18.7 Å². The molecule has 20 heavy (non-hydrogen) atoms. The number of H-pyrrole nitrogens is 1. The van der Waals surface area contributed by atoms with Gasteiger partial charge in [-0.2, -0.15) is 4.98 Å². The van der Waals surface area contributed by atoms with Crippen LogP contribution in [0.1, 0.15) is 13.3 Å². The molecule has 4 N–H and O–H groups in total. The number of hydrogen-bond donors (Lipinski definition) is 3. The summed E-state index contributed by atoms with van der Waals surface area (Å²) in [6, 6.07) is 0.0783. The topological polar surface area (TPSA) is 115 Å². The standard InChI is InChI=1S/C11H17N7OS/c1-2-8(5-18-4-3-13-7-18)14-9(19)6-20-11-15-10(12)16-17-11/h3-4,7-8H,2,5-6H2,1H3,(H,14,19)(H3,12,15,16,17). The molecule has 2 aromatic rings. The number of hydrogen-bond acceptors (Lipinski definition) is 6. The van der Waals surface area contributed by atoms with Crippen molar-refractivity contribution in [2.75, 3.05) is 11.5 Å². The molecule has 0 spiro atoms. The summed E-state index contributed by atoms with van der Waals surface area (Å²) < 4.78 is 1.94. The first kappa shape index (κ1) is 14.4. The smallest absolute Gasteiger partial charge is 0.230 e. The van der Waals surface area contributed by atoms with E-state index in [2.05, 4.69) is 25.5 Å². The van der Waals surface area contributed by atoms with E-state index < -0.39 is 0 Å². The number of aromatic amines is 1. The van der Waals surface area contributed by atoms with Crippen molar-refractivity contribution in [2.45, 2.75) is 31.1 Å². The lowest BCUT2D eigenvalue weighted by Crippen LogP contribution is -2.38. The average molecular weight is 295 g/mol.